The number of nitrogens with zero attached hydrogens (tertiary/aromatic N) is 1. The van der Waals surface area contributed by atoms with Crippen molar-refractivity contribution in [3.8, 4) is 0 Å². The molecule has 0 aromatic heterocycles. The number of hydrogen-bond donors (Lipinski definition) is 1. The summed E-state index contributed by atoms with van der Waals surface area (Å²) < 4.78 is 13.6. The van der Waals surface area contributed by atoms with Crippen LogP contribution in [0.3, 0.4) is 0 Å². The Balaban J connectivity index is 1.69. The lowest BCUT2D eigenvalue weighted by atomic mass is 9.74. The van der Waals surface area contributed by atoms with Crippen molar-refractivity contribution in [2.24, 2.45) is 11.8 Å². The number of halogens is 2. The van der Waals surface area contributed by atoms with Crippen LogP contribution >= 0.6 is 11.6 Å². The maximum atomic E-state index is 13.6. The van der Waals surface area contributed by atoms with E-state index >= 15 is 0 Å². The number of aliphatic hydroxyl groups excluding tert-OH is 1. The van der Waals surface area contributed by atoms with E-state index in [1.54, 1.807) is 11.0 Å². The summed E-state index contributed by atoms with van der Waals surface area (Å²) in [5, 5.41) is 9.86. The van der Waals surface area contributed by atoms with Crippen molar-refractivity contribution in [1.29, 1.82) is 0 Å². The van der Waals surface area contributed by atoms with Gasteiger partial charge in [-0.15, -0.1) is 0 Å². The zero-order valence-corrected chi connectivity index (χ0v) is 11.1. The highest BCUT2D eigenvalue weighted by atomic mass is 35.5. The van der Waals surface area contributed by atoms with Crippen LogP contribution in [0.4, 0.5) is 4.39 Å². The molecule has 5 heteroatoms. The standard InChI is InChI=1S/C14H15ClFNO2/c15-11-2-1-3-12(16)9(11)5-14(19)17-6-8-4-13(18)10(8)7-17/h1-3,8,10,13,18H,4-7H2/t8-,10+,13-/m0/s1. The lowest BCUT2D eigenvalue weighted by Gasteiger charge is -2.34. The maximum absolute atomic E-state index is 13.6. The summed E-state index contributed by atoms with van der Waals surface area (Å²) in [6.45, 7) is 1.25. The lowest BCUT2D eigenvalue weighted by molar-refractivity contribution is -0.129. The van der Waals surface area contributed by atoms with E-state index in [9.17, 15) is 14.3 Å². The van der Waals surface area contributed by atoms with E-state index in [1.807, 2.05) is 0 Å². The molecular formula is C14H15ClFNO2. The average molecular weight is 284 g/mol. The third kappa shape index (κ3) is 2.23. The molecule has 1 amide bonds. The zero-order chi connectivity index (χ0) is 13.6. The Hall–Kier alpha value is -1.13. The molecule has 0 spiro atoms. The molecule has 0 radical (unpaired) electrons. The molecule has 0 bridgehead atoms. The summed E-state index contributed by atoms with van der Waals surface area (Å²) in [5.41, 5.74) is 0.258. The van der Waals surface area contributed by atoms with Gasteiger partial charge in [0.15, 0.2) is 0 Å². The van der Waals surface area contributed by atoms with Gasteiger partial charge in [0.25, 0.3) is 0 Å². The number of aliphatic hydroxyl groups is 1. The minimum absolute atomic E-state index is 0.0129. The first kappa shape index (κ1) is 12.9. The number of hydrogen-bond acceptors (Lipinski definition) is 2. The largest absolute Gasteiger partial charge is 0.393 e. The van der Waals surface area contributed by atoms with Crippen molar-refractivity contribution >= 4 is 17.5 Å². The molecule has 3 nitrogen and oxygen atoms in total. The highest BCUT2D eigenvalue weighted by Crippen LogP contribution is 2.40. The first-order valence-corrected chi connectivity index (χ1v) is 6.83. The van der Waals surface area contributed by atoms with Crippen LogP contribution in [-0.4, -0.2) is 35.1 Å². The molecule has 19 heavy (non-hydrogen) atoms. The quantitative estimate of drug-likeness (QED) is 0.900. The predicted molar refractivity (Wildman–Crippen MR) is 69.3 cm³/mol. The average Bonchev–Trinajstić information content (AvgIpc) is 2.71. The summed E-state index contributed by atoms with van der Waals surface area (Å²) >= 11 is 5.92. The fourth-order valence-corrected chi connectivity index (χ4v) is 3.27. The predicted octanol–water partition coefficient (Wildman–Crippen LogP) is 1.86. The van der Waals surface area contributed by atoms with Crippen molar-refractivity contribution < 1.29 is 14.3 Å². The van der Waals surface area contributed by atoms with Crippen LogP contribution in [0.2, 0.25) is 5.02 Å². The second kappa shape index (κ2) is 4.76. The fourth-order valence-electron chi connectivity index (χ4n) is 3.04. The molecule has 1 aromatic rings. The summed E-state index contributed by atoms with van der Waals surface area (Å²) in [6.07, 6.45) is 0.482. The monoisotopic (exact) mass is 283 g/mol. The number of rotatable bonds is 2. The number of likely N-dealkylation sites (tertiary alicyclic amines) is 1. The van der Waals surface area contributed by atoms with Crippen LogP contribution in [-0.2, 0) is 11.2 Å². The molecule has 102 valence electrons. The van der Waals surface area contributed by atoms with Crippen molar-refractivity contribution in [3.63, 3.8) is 0 Å². The van der Waals surface area contributed by atoms with Crippen molar-refractivity contribution in [2.45, 2.75) is 18.9 Å². The highest BCUT2D eigenvalue weighted by molar-refractivity contribution is 6.31. The van der Waals surface area contributed by atoms with E-state index in [-0.39, 0.29) is 34.9 Å². The minimum Gasteiger partial charge on any atom is -0.393 e. The van der Waals surface area contributed by atoms with E-state index in [0.29, 0.717) is 19.0 Å². The van der Waals surface area contributed by atoms with Crippen LogP contribution in [0.1, 0.15) is 12.0 Å². The maximum Gasteiger partial charge on any atom is 0.227 e. The van der Waals surface area contributed by atoms with Gasteiger partial charge in [-0.2, -0.15) is 0 Å². The molecule has 2 aliphatic rings. The smallest absolute Gasteiger partial charge is 0.227 e. The fraction of sp³-hybridized carbons (Fsp3) is 0.500. The Kier molecular flexibility index (Phi) is 3.23. The van der Waals surface area contributed by atoms with Gasteiger partial charge in [0.1, 0.15) is 5.82 Å². The molecule has 1 heterocycles. The molecule has 1 aliphatic carbocycles. The molecule has 1 aliphatic heterocycles. The molecule has 1 saturated heterocycles. The van der Waals surface area contributed by atoms with Gasteiger partial charge in [-0.1, -0.05) is 17.7 Å². The van der Waals surface area contributed by atoms with Crippen molar-refractivity contribution in [1.82, 2.24) is 4.90 Å². The third-order valence-electron chi connectivity index (χ3n) is 4.27. The molecule has 1 saturated carbocycles. The van der Waals surface area contributed by atoms with Crippen molar-refractivity contribution in [2.75, 3.05) is 13.1 Å². The molecular weight excluding hydrogens is 269 g/mol. The van der Waals surface area contributed by atoms with Gasteiger partial charge < -0.3 is 10.0 Å². The Morgan fingerprint density at radius 1 is 1.47 bits per heavy atom. The SMILES string of the molecule is O=C(Cc1c(F)cccc1Cl)N1C[C@@H]2C[C@H](O)[C@@H]2C1. The molecule has 2 fully saturated rings. The van der Waals surface area contributed by atoms with E-state index < -0.39 is 5.82 Å². The van der Waals surface area contributed by atoms with E-state index in [2.05, 4.69) is 0 Å². The number of benzene rings is 1. The third-order valence-corrected chi connectivity index (χ3v) is 4.63. The normalized spacial score (nSPS) is 29.0. The number of carbonyl (C=O) groups excluding carboxylic acids is 1. The van der Waals surface area contributed by atoms with E-state index in [1.165, 1.54) is 12.1 Å². The van der Waals surface area contributed by atoms with Crippen molar-refractivity contribution in [3.05, 3.63) is 34.6 Å². The van der Waals surface area contributed by atoms with Crippen LogP contribution in [0.15, 0.2) is 18.2 Å². The number of carbonyl (C=O) groups is 1. The van der Waals surface area contributed by atoms with Gasteiger partial charge in [0, 0.05) is 29.6 Å². The summed E-state index contributed by atoms with van der Waals surface area (Å²) in [5.74, 6) is 0.0618. The lowest BCUT2D eigenvalue weighted by Crippen LogP contribution is -2.39. The van der Waals surface area contributed by atoms with Crippen LogP contribution in [0, 0.1) is 17.7 Å². The van der Waals surface area contributed by atoms with Gasteiger partial charge in [-0.25, -0.2) is 4.39 Å². The summed E-state index contributed by atoms with van der Waals surface area (Å²) in [4.78, 5) is 13.9. The van der Waals surface area contributed by atoms with Gasteiger partial charge in [0.05, 0.1) is 12.5 Å². The molecule has 1 N–H and O–H groups in total. The Labute approximate surface area is 116 Å². The second-order valence-electron chi connectivity index (χ2n) is 5.40. The second-order valence-corrected chi connectivity index (χ2v) is 5.81. The first-order chi connectivity index (χ1) is 9.06. The Bertz CT molecular complexity index is 502. The zero-order valence-electron chi connectivity index (χ0n) is 10.4. The first-order valence-electron chi connectivity index (χ1n) is 6.45. The van der Waals surface area contributed by atoms with Gasteiger partial charge >= 0.3 is 0 Å². The van der Waals surface area contributed by atoms with E-state index in [0.717, 1.165) is 6.42 Å². The summed E-state index contributed by atoms with van der Waals surface area (Å²) in [7, 11) is 0. The molecule has 3 atom stereocenters. The number of amides is 1. The molecule has 3 rings (SSSR count). The number of fused-ring (bicyclic) bond motifs is 1. The van der Waals surface area contributed by atoms with Gasteiger partial charge in [-0.3, -0.25) is 4.79 Å². The molecule has 0 unspecified atom stereocenters. The van der Waals surface area contributed by atoms with Crippen LogP contribution < -0.4 is 0 Å². The van der Waals surface area contributed by atoms with E-state index in [4.69, 9.17) is 11.6 Å². The van der Waals surface area contributed by atoms with Gasteiger partial charge in [-0.05, 0) is 24.5 Å². The summed E-state index contributed by atoms with van der Waals surface area (Å²) in [6, 6.07) is 4.43. The minimum atomic E-state index is -0.442. The molecule has 1 aromatic carbocycles. The van der Waals surface area contributed by atoms with Gasteiger partial charge in [0.2, 0.25) is 5.91 Å². The topological polar surface area (TPSA) is 40.5 Å². The Morgan fingerprint density at radius 2 is 2.26 bits per heavy atom. The van der Waals surface area contributed by atoms with Crippen LogP contribution in [0.25, 0.3) is 0 Å². The Morgan fingerprint density at radius 3 is 2.89 bits per heavy atom. The highest BCUT2D eigenvalue weighted by Gasteiger charge is 2.47. The van der Waals surface area contributed by atoms with Crippen LogP contribution in [0.5, 0.6) is 0 Å².